The summed E-state index contributed by atoms with van der Waals surface area (Å²) in [5.41, 5.74) is 3.51. The molecule has 0 spiro atoms. The van der Waals surface area contributed by atoms with Crippen molar-refractivity contribution in [1.29, 1.82) is 0 Å². The standard InChI is InChI=1S/C23H22O2/c1-24-20-14-16-22(23(17-20)25-2)21(19-11-7-4-8-12-19)15-13-18-9-5-3-6-10-18/h3-17,21H,1-2H3/b15-13+. The van der Waals surface area contributed by atoms with E-state index in [0.29, 0.717) is 0 Å². The second-order valence-corrected chi connectivity index (χ2v) is 5.77. The predicted octanol–water partition coefficient (Wildman–Crippen LogP) is 5.55. The fourth-order valence-electron chi connectivity index (χ4n) is 2.90. The Kier molecular flexibility index (Phi) is 5.53. The molecule has 2 nitrogen and oxygen atoms in total. The third-order valence-electron chi connectivity index (χ3n) is 4.22. The Balaban J connectivity index is 2.04. The van der Waals surface area contributed by atoms with Crippen molar-refractivity contribution in [3.05, 3.63) is 102 Å². The Hall–Kier alpha value is -3.00. The first-order chi connectivity index (χ1) is 12.3. The second-order valence-electron chi connectivity index (χ2n) is 5.77. The lowest BCUT2D eigenvalue weighted by atomic mass is 9.89. The van der Waals surface area contributed by atoms with E-state index in [0.717, 1.165) is 17.1 Å². The van der Waals surface area contributed by atoms with Gasteiger partial charge in [0.15, 0.2) is 0 Å². The lowest BCUT2D eigenvalue weighted by Crippen LogP contribution is -2.01. The molecule has 25 heavy (non-hydrogen) atoms. The fraction of sp³-hybridized carbons (Fsp3) is 0.130. The minimum absolute atomic E-state index is 0.0993. The highest BCUT2D eigenvalue weighted by atomic mass is 16.5. The summed E-state index contributed by atoms with van der Waals surface area (Å²) in [6.45, 7) is 0. The van der Waals surface area contributed by atoms with Crippen LogP contribution in [0.4, 0.5) is 0 Å². The van der Waals surface area contributed by atoms with Gasteiger partial charge in [-0.15, -0.1) is 0 Å². The number of benzene rings is 3. The van der Waals surface area contributed by atoms with Crippen LogP contribution >= 0.6 is 0 Å². The van der Waals surface area contributed by atoms with E-state index in [2.05, 4.69) is 54.6 Å². The van der Waals surface area contributed by atoms with E-state index in [-0.39, 0.29) is 5.92 Å². The molecule has 126 valence electrons. The SMILES string of the molecule is COc1ccc(C(/C=C/c2ccccc2)c2ccccc2)c(OC)c1. The summed E-state index contributed by atoms with van der Waals surface area (Å²) < 4.78 is 11.0. The highest BCUT2D eigenvalue weighted by Gasteiger charge is 2.16. The van der Waals surface area contributed by atoms with Crippen molar-refractivity contribution in [2.75, 3.05) is 14.2 Å². The third-order valence-corrected chi connectivity index (χ3v) is 4.22. The van der Waals surface area contributed by atoms with Crippen molar-refractivity contribution in [1.82, 2.24) is 0 Å². The van der Waals surface area contributed by atoms with Crippen LogP contribution in [-0.2, 0) is 0 Å². The lowest BCUT2D eigenvalue weighted by Gasteiger charge is -2.18. The van der Waals surface area contributed by atoms with E-state index in [9.17, 15) is 0 Å². The molecule has 0 aliphatic rings. The largest absolute Gasteiger partial charge is 0.497 e. The van der Waals surface area contributed by atoms with Crippen LogP contribution in [-0.4, -0.2) is 14.2 Å². The van der Waals surface area contributed by atoms with Crippen LogP contribution in [0.25, 0.3) is 6.08 Å². The molecule has 0 saturated heterocycles. The highest BCUT2D eigenvalue weighted by molar-refractivity contribution is 5.55. The van der Waals surface area contributed by atoms with Gasteiger partial charge in [-0.3, -0.25) is 0 Å². The maximum atomic E-state index is 5.63. The molecular formula is C23H22O2. The van der Waals surface area contributed by atoms with Crippen molar-refractivity contribution in [2.24, 2.45) is 0 Å². The predicted molar refractivity (Wildman–Crippen MR) is 103 cm³/mol. The average molecular weight is 330 g/mol. The van der Waals surface area contributed by atoms with Crippen molar-refractivity contribution in [2.45, 2.75) is 5.92 Å². The molecule has 2 heteroatoms. The van der Waals surface area contributed by atoms with Crippen LogP contribution in [0.1, 0.15) is 22.6 Å². The van der Waals surface area contributed by atoms with Crippen LogP contribution < -0.4 is 9.47 Å². The zero-order valence-electron chi connectivity index (χ0n) is 14.6. The number of hydrogen-bond acceptors (Lipinski definition) is 2. The van der Waals surface area contributed by atoms with Crippen molar-refractivity contribution in [3.8, 4) is 11.5 Å². The average Bonchev–Trinajstić information content (AvgIpc) is 2.70. The van der Waals surface area contributed by atoms with Gasteiger partial charge in [0.05, 0.1) is 14.2 Å². The van der Waals surface area contributed by atoms with E-state index in [1.54, 1.807) is 14.2 Å². The van der Waals surface area contributed by atoms with E-state index in [4.69, 9.17) is 9.47 Å². The molecule has 0 aliphatic carbocycles. The quantitative estimate of drug-likeness (QED) is 0.590. The van der Waals surface area contributed by atoms with Gasteiger partial charge >= 0.3 is 0 Å². The minimum atomic E-state index is 0.0993. The van der Waals surface area contributed by atoms with Crippen molar-refractivity contribution < 1.29 is 9.47 Å². The van der Waals surface area contributed by atoms with Crippen LogP contribution in [0.15, 0.2) is 84.9 Å². The van der Waals surface area contributed by atoms with Gasteiger partial charge in [0.25, 0.3) is 0 Å². The van der Waals surface area contributed by atoms with Gasteiger partial charge in [0, 0.05) is 17.5 Å². The summed E-state index contributed by atoms with van der Waals surface area (Å²) in [5.74, 6) is 1.72. The zero-order valence-corrected chi connectivity index (χ0v) is 14.6. The molecule has 0 saturated carbocycles. The lowest BCUT2D eigenvalue weighted by molar-refractivity contribution is 0.391. The van der Waals surface area contributed by atoms with Gasteiger partial charge in [-0.1, -0.05) is 78.9 Å². The van der Waals surface area contributed by atoms with E-state index in [1.165, 1.54) is 11.1 Å². The van der Waals surface area contributed by atoms with Crippen molar-refractivity contribution >= 4 is 6.08 Å². The van der Waals surface area contributed by atoms with Crippen molar-refractivity contribution in [3.63, 3.8) is 0 Å². The zero-order chi connectivity index (χ0) is 17.5. The minimum Gasteiger partial charge on any atom is -0.497 e. The molecule has 3 aromatic carbocycles. The molecule has 3 aromatic rings. The number of rotatable bonds is 6. The number of ether oxygens (including phenoxy) is 2. The molecule has 0 aliphatic heterocycles. The van der Waals surface area contributed by atoms with E-state index >= 15 is 0 Å². The van der Waals surface area contributed by atoms with Crippen LogP contribution in [0.2, 0.25) is 0 Å². The molecular weight excluding hydrogens is 308 g/mol. The molecule has 0 aromatic heterocycles. The summed E-state index contributed by atoms with van der Waals surface area (Å²) in [5, 5.41) is 0. The number of methoxy groups -OCH3 is 2. The van der Waals surface area contributed by atoms with Gasteiger partial charge in [0.1, 0.15) is 11.5 Å². The van der Waals surface area contributed by atoms with Crippen LogP contribution in [0.5, 0.6) is 11.5 Å². The maximum Gasteiger partial charge on any atom is 0.126 e. The third kappa shape index (κ3) is 4.10. The van der Waals surface area contributed by atoms with Gasteiger partial charge < -0.3 is 9.47 Å². The van der Waals surface area contributed by atoms with Gasteiger partial charge in [-0.25, -0.2) is 0 Å². The first kappa shape index (κ1) is 16.8. The Bertz CT molecular complexity index is 823. The first-order valence-corrected chi connectivity index (χ1v) is 8.32. The Morgan fingerprint density at radius 2 is 1.44 bits per heavy atom. The molecule has 0 radical (unpaired) electrons. The summed E-state index contributed by atoms with van der Waals surface area (Å²) >= 11 is 0. The summed E-state index contributed by atoms with van der Waals surface area (Å²) in [7, 11) is 3.36. The van der Waals surface area contributed by atoms with Gasteiger partial charge in [0.2, 0.25) is 0 Å². The van der Waals surface area contributed by atoms with Gasteiger partial charge in [-0.05, 0) is 17.2 Å². The summed E-state index contributed by atoms with van der Waals surface area (Å²) in [6, 6.07) is 26.8. The topological polar surface area (TPSA) is 18.5 Å². The monoisotopic (exact) mass is 330 g/mol. The molecule has 1 unspecified atom stereocenters. The Labute approximate surface area is 149 Å². The van der Waals surface area contributed by atoms with Crippen LogP contribution in [0, 0.1) is 0 Å². The molecule has 0 bridgehead atoms. The van der Waals surface area contributed by atoms with E-state index < -0.39 is 0 Å². The Morgan fingerprint density at radius 3 is 2.08 bits per heavy atom. The molecule has 0 heterocycles. The molecule has 0 amide bonds. The normalized spacial score (nSPS) is 12.1. The smallest absolute Gasteiger partial charge is 0.126 e. The molecule has 0 N–H and O–H groups in total. The fourth-order valence-corrected chi connectivity index (χ4v) is 2.90. The molecule has 3 rings (SSSR count). The van der Waals surface area contributed by atoms with E-state index in [1.807, 2.05) is 36.4 Å². The summed E-state index contributed by atoms with van der Waals surface area (Å²) in [4.78, 5) is 0. The van der Waals surface area contributed by atoms with Gasteiger partial charge in [-0.2, -0.15) is 0 Å². The number of hydrogen-bond donors (Lipinski definition) is 0. The first-order valence-electron chi connectivity index (χ1n) is 8.32. The highest BCUT2D eigenvalue weighted by Crippen LogP contribution is 2.35. The molecule has 0 fully saturated rings. The maximum absolute atomic E-state index is 5.63. The van der Waals surface area contributed by atoms with Crippen LogP contribution in [0.3, 0.4) is 0 Å². The second kappa shape index (κ2) is 8.20. The summed E-state index contributed by atoms with van der Waals surface area (Å²) in [6.07, 6.45) is 4.37. The molecule has 1 atom stereocenters. The number of allylic oxidation sites excluding steroid dienone is 1. The Morgan fingerprint density at radius 1 is 0.760 bits per heavy atom.